The van der Waals surface area contributed by atoms with Crippen LogP contribution in [0.15, 0.2) is 36.5 Å². The number of nitrogens with zero attached hydrogens (tertiary/aromatic N) is 3. The lowest BCUT2D eigenvalue weighted by molar-refractivity contribution is 0.102. The molecule has 6 nitrogen and oxygen atoms in total. The molecule has 1 saturated carbocycles. The first-order valence-corrected chi connectivity index (χ1v) is 9.85. The van der Waals surface area contributed by atoms with Crippen LogP contribution in [-0.2, 0) is 0 Å². The van der Waals surface area contributed by atoms with Gasteiger partial charge in [0.1, 0.15) is 11.4 Å². The normalized spacial score (nSPS) is 19.5. The minimum atomic E-state index is -0.255. The van der Waals surface area contributed by atoms with E-state index in [4.69, 9.17) is 9.84 Å². The molecular formula is C22H26N4O2. The number of carbonyl (C=O) groups excluding carboxylic acids is 1. The number of carbonyl (C=O) groups is 1. The first-order valence-electron chi connectivity index (χ1n) is 9.85. The Morgan fingerprint density at radius 3 is 2.71 bits per heavy atom. The molecule has 6 heteroatoms. The summed E-state index contributed by atoms with van der Waals surface area (Å²) in [5.41, 5.74) is 2.69. The zero-order valence-electron chi connectivity index (χ0n) is 16.6. The molecule has 0 atom stereocenters. The molecule has 0 spiro atoms. The Morgan fingerprint density at radius 2 is 2.00 bits per heavy atom. The third-order valence-corrected chi connectivity index (χ3v) is 5.57. The van der Waals surface area contributed by atoms with Gasteiger partial charge in [-0.25, -0.2) is 4.98 Å². The molecule has 1 aliphatic rings. The van der Waals surface area contributed by atoms with E-state index in [0.29, 0.717) is 23.2 Å². The number of benzene rings is 1. The van der Waals surface area contributed by atoms with Crippen molar-refractivity contribution in [3.05, 3.63) is 47.9 Å². The van der Waals surface area contributed by atoms with Crippen LogP contribution < -0.4 is 10.1 Å². The number of aromatic nitrogens is 3. The monoisotopic (exact) mass is 378 g/mol. The molecule has 1 N–H and O–H groups in total. The van der Waals surface area contributed by atoms with Crippen molar-refractivity contribution in [2.75, 3.05) is 12.4 Å². The highest BCUT2D eigenvalue weighted by Crippen LogP contribution is 2.34. The summed E-state index contributed by atoms with van der Waals surface area (Å²) in [5.74, 6) is 1.14. The minimum absolute atomic E-state index is 0.255. The van der Waals surface area contributed by atoms with Crippen LogP contribution in [0.2, 0.25) is 0 Å². The van der Waals surface area contributed by atoms with Crippen LogP contribution in [0.1, 0.15) is 54.8 Å². The van der Waals surface area contributed by atoms with Crippen molar-refractivity contribution in [2.24, 2.45) is 5.92 Å². The lowest BCUT2D eigenvalue weighted by atomic mass is 9.87. The van der Waals surface area contributed by atoms with Crippen LogP contribution in [0.25, 0.3) is 10.9 Å². The van der Waals surface area contributed by atoms with Gasteiger partial charge in [-0.2, -0.15) is 5.10 Å². The maximum atomic E-state index is 12.6. The van der Waals surface area contributed by atoms with Gasteiger partial charge in [-0.05, 0) is 56.7 Å². The van der Waals surface area contributed by atoms with E-state index in [2.05, 4.69) is 28.1 Å². The molecule has 0 bridgehead atoms. The van der Waals surface area contributed by atoms with Gasteiger partial charge in [0.05, 0.1) is 24.4 Å². The molecule has 2 aromatic heterocycles. The van der Waals surface area contributed by atoms with Crippen molar-refractivity contribution in [3.8, 4) is 5.75 Å². The van der Waals surface area contributed by atoms with Crippen LogP contribution in [0.5, 0.6) is 5.75 Å². The van der Waals surface area contributed by atoms with E-state index < -0.39 is 0 Å². The Hall–Kier alpha value is -2.89. The first-order chi connectivity index (χ1) is 13.5. The second-order valence-electron chi connectivity index (χ2n) is 7.75. The van der Waals surface area contributed by atoms with Gasteiger partial charge < -0.3 is 10.1 Å². The summed E-state index contributed by atoms with van der Waals surface area (Å²) in [6, 6.07) is 9.66. The number of pyridine rings is 1. The number of fused-ring (bicyclic) bond motifs is 1. The SMILES string of the molecule is COc1cc2nn([C@H]3CC[C@H](C)CC3)cc2cc1NC(=O)c1cccc(C)n1. The number of rotatable bonds is 4. The van der Waals surface area contributed by atoms with Crippen LogP contribution in [-0.4, -0.2) is 27.8 Å². The fraction of sp³-hybridized carbons (Fsp3) is 0.409. The molecule has 3 aromatic rings. The fourth-order valence-electron chi connectivity index (χ4n) is 3.89. The van der Waals surface area contributed by atoms with Crippen molar-refractivity contribution in [1.29, 1.82) is 0 Å². The summed E-state index contributed by atoms with van der Waals surface area (Å²) >= 11 is 0. The lowest BCUT2D eigenvalue weighted by Crippen LogP contribution is -2.16. The number of hydrogen-bond acceptors (Lipinski definition) is 4. The summed E-state index contributed by atoms with van der Waals surface area (Å²) in [6.45, 7) is 4.18. The Bertz CT molecular complexity index is 1000. The number of amides is 1. The number of ether oxygens (including phenoxy) is 1. The number of anilines is 1. The third-order valence-electron chi connectivity index (χ3n) is 5.57. The van der Waals surface area contributed by atoms with E-state index in [0.717, 1.165) is 35.4 Å². The maximum Gasteiger partial charge on any atom is 0.274 e. The van der Waals surface area contributed by atoms with Crippen molar-refractivity contribution in [2.45, 2.75) is 45.6 Å². The zero-order chi connectivity index (χ0) is 19.7. The fourth-order valence-corrected chi connectivity index (χ4v) is 3.89. The average molecular weight is 378 g/mol. The van der Waals surface area contributed by atoms with E-state index in [1.54, 1.807) is 13.2 Å². The van der Waals surface area contributed by atoms with Crippen LogP contribution >= 0.6 is 0 Å². The Kier molecular flexibility index (Phi) is 5.03. The molecular weight excluding hydrogens is 352 g/mol. The Morgan fingerprint density at radius 1 is 1.21 bits per heavy atom. The van der Waals surface area contributed by atoms with Crippen molar-refractivity contribution in [3.63, 3.8) is 0 Å². The standard InChI is InChI=1S/C22H26N4O2/c1-14-7-9-17(10-8-14)26-13-16-11-20(21(28-3)12-19(16)25-26)24-22(27)18-6-4-5-15(2)23-18/h4-6,11-14,17H,7-10H2,1-3H3,(H,24,27)/t14-,17-. The van der Waals surface area contributed by atoms with Gasteiger partial charge in [0.2, 0.25) is 0 Å². The predicted octanol–water partition coefficient (Wildman–Crippen LogP) is 4.75. The second-order valence-corrected chi connectivity index (χ2v) is 7.75. The van der Waals surface area contributed by atoms with Crippen molar-refractivity contribution < 1.29 is 9.53 Å². The van der Waals surface area contributed by atoms with Crippen LogP contribution in [0.4, 0.5) is 5.69 Å². The smallest absolute Gasteiger partial charge is 0.274 e. The Balaban J connectivity index is 1.62. The van der Waals surface area contributed by atoms with E-state index in [9.17, 15) is 4.79 Å². The summed E-state index contributed by atoms with van der Waals surface area (Å²) in [7, 11) is 1.60. The van der Waals surface area contributed by atoms with Crippen LogP contribution in [0.3, 0.4) is 0 Å². The molecule has 0 radical (unpaired) electrons. The molecule has 1 amide bonds. The predicted molar refractivity (Wildman–Crippen MR) is 110 cm³/mol. The van der Waals surface area contributed by atoms with E-state index in [1.807, 2.05) is 31.2 Å². The largest absolute Gasteiger partial charge is 0.494 e. The van der Waals surface area contributed by atoms with Crippen molar-refractivity contribution >= 4 is 22.5 Å². The van der Waals surface area contributed by atoms with Gasteiger partial charge in [-0.1, -0.05) is 13.0 Å². The second kappa shape index (κ2) is 7.62. The van der Waals surface area contributed by atoms with E-state index in [1.165, 1.54) is 12.8 Å². The number of nitrogens with one attached hydrogen (secondary N) is 1. The van der Waals surface area contributed by atoms with Gasteiger partial charge >= 0.3 is 0 Å². The van der Waals surface area contributed by atoms with Crippen LogP contribution in [0, 0.1) is 12.8 Å². The van der Waals surface area contributed by atoms with Gasteiger partial charge in [0, 0.05) is 23.3 Å². The summed E-state index contributed by atoms with van der Waals surface area (Å²) < 4.78 is 7.59. The molecule has 4 rings (SSSR count). The number of methoxy groups -OCH3 is 1. The highest BCUT2D eigenvalue weighted by Gasteiger charge is 2.21. The topological polar surface area (TPSA) is 69.0 Å². The zero-order valence-corrected chi connectivity index (χ0v) is 16.6. The molecule has 0 aliphatic heterocycles. The van der Waals surface area contributed by atoms with Gasteiger partial charge in [-0.15, -0.1) is 0 Å². The van der Waals surface area contributed by atoms with Gasteiger partial charge in [-0.3, -0.25) is 9.48 Å². The molecule has 1 aromatic carbocycles. The third kappa shape index (κ3) is 3.72. The van der Waals surface area contributed by atoms with E-state index in [-0.39, 0.29) is 5.91 Å². The summed E-state index contributed by atoms with van der Waals surface area (Å²) in [4.78, 5) is 16.9. The molecule has 0 saturated heterocycles. The summed E-state index contributed by atoms with van der Waals surface area (Å²) in [5, 5.41) is 8.69. The first kappa shape index (κ1) is 18.5. The molecule has 0 unspecified atom stereocenters. The molecule has 1 aliphatic carbocycles. The quantitative estimate of drug-likeness (QED) is 0.711. The van der Waals surface area contributed by atoms with Crippen molar-refractivity contribution in [1.82, 2.24) is 14.8 Å². The highest BCUT2D eigenvalue weighted by atomic mass is 16.5. The minimum Gasteiger partial charge on any atom is -0.494 e. The summed E-state index contributed by atoms with van der Waals surface area (Å²) in [6.07, 6.45) is 6.89. The molecule has 1 fully saturated rings. The molecule has 2 heterocycles. The maximum absolute atomic E-state index is 12.6. The average Bonchev–Trinajstić information content (AvgIpc) is 3.10. The molecule has 28 heavy (non-hydrogen) atoms. The Labute approximate surface area is 164 Å². The number of aryl methyl sites for hydroxylation is 1. The lowest BCUT2D eigenvalue weighted by Gasteiger charge is -2.26. The number of hydrogen-bond donors (Lipinski definition) is 1. The van der Waals surface area contributed by atoms with Gasteiger partial charge in [0.25, 0.3) is 5.91 Å². The van der Waals surface area contributed by atoms with E-state index >= 15 is 0 Å². The molecule has 146 valence electrons. The highest BCUT2D eigenvalue weighted by molar-refractivity contribution is 6.05. The van der Waals surface area contributed by atoms with Gasteiger partial charge in [0.15, 0.2) is 0 Å².